The number of anilines is 1. The number of rotatable bonds is 6. The van der Waals surface area contributed by atoms with Gasteiger partial charge < -0.3 is 15.2 Å². The molecule has 1 aromatic rings. The molecule has 0 aliphatic rings. The van der Waals surface area contributed by atoms with E-state index < -0.39 is 16.1 Å². The molecule has 0 unspecified atom stereocenters. The van der Waals surface area contributed by atoms with Crippen LogP contribution in [0.15, 0.2) is 18.2 Å². The Morgan fingerprint density at radius 2 is 1.81 bits per heavy atom. The molecule has 0 saturated carbocycles. The first-order valence-corrected chi connectivity index (χ1v) is 6.89. The Morgan fingerprint density at radius 1 is 1.24 bits per heavy atom. The van der Waals surface area contributed by atoms with E-state index in [0.717, 1.165) is 0 Å². The van der Waals surface area contributed by atoms with Gasteiger partial charge in [0.15, 0.2) is 0 Å². The second-order valence-electron chi connectivity index (χ2n) is 6.45. The lowest BCUT2D eigenvalue weighted by Crippen LogP contribution is -2.51. The predicted molar refractivity (Wildman–Crippen MR) is 82.9 cm³/mol. The number of nitrogens with zero attached hydrogens (tertiary/aromatic N) is 1. The van der Waals surface area contributed by atoms with Crippen LogP contribution in [0.4, 0.5) is 11.4 Å². The maximum absolute atomic E-state index is 11.0. The van der Waals surface area contributed by atoms with Crippen LogP contribution < -0.4 is 10.1 Å². The van der Waals surface area contributed by atoms with E-state index in [1.807, 2.05) is 27.7 Å². The number of ether oxygens (including phenoxy) is 1. The molecule has 2 N–H and O–H groups in total. The normalized spacial score (nSPS) is 12.4. The molecule has 1 aromatic carbocycles. The Bertz CT molecular complexity index is 519. The van der Waals surface area contributed by atoms with Gasteiger partial charge in [0.05, 0.1) is 28.2 Å². The van der Waals surface area contributed by atoms with Crippen molar-refractivity contribution >= 4 is 11.4 Å². The van der Waals surface area contributed by atoms with Gasteiger partial charge in [-0.3, -0.25) is 10.1 Å². The second kappa shape index (κ2) is 5.89. The first kappa shape index (κ1) is 17.2. The van der Waals surface area contributed by atoms with Crippen LogP contribution in [0.3, 0.4) is 0 Å². The highest BCUT2D eigenvalue weighted by atomic mass is 16.6. The van der Waals surface area contributed by atoms with Crippen molar-refractivity contribution in [3.05, 3.63) is 28.3 Å². The predicted octanol–water partition coefficient (Wildman–Crippen LogP) is 3.34. The smallest absolute Gasteiger partial charge is 0.275 e. The fourth-order valence-electron chi connectivity index (χ4n) is 1.61. The van der Waals surface area contributed by atoms with Crippen molar-refractivity contribution in [1.29, 1.82) is 0 Å². The molecular formula is C15H24N2O4. The number of hydrogen-bond donors (Lipinski definition) is 2. The van der Waals surface area contributed by atoms with Crippen LogP contribution in [0.25, 0.3) is 0 Å². The summed E-state index contributed by atoms with van der Waals surface area (Å²) in [5.74, 6) is 0.424. The first-order valence-electron chi connectivity index (χ1n) is 6.89. The summed E-state index contributed by atoms with van der Waals surface area (Å²) in [4.78, 5) is 10.6. The van der Waals surface area contributed by atoms with Crippen molar-refractivity contribution < 1.29 is 14.8 Å². The highest BCUT2D eigenvalue weighted by molar-refractivity contribution is 5.57. The number of nitro benzene ring substituents is 1. The van der Waals surface area contributed by atoms with Crippen LogP contribution in [-0.4, -0.2) is 27.3 Å². The SMILES string of the molecule is CC(C)Oc1cc(NC(C)(C)C(C)(C)O)cc([N+](=O)[O-])c1. The Kier molecular flexibility index (Phi) is 4.83. The van der Waals surface area contributed by atoms with Gasteiger partial charge in [0.1, 0.15) is 5.75 Å². The monoisotopic (exact) mass is 296 g/mol. The molecule has 0 spiro atoms. The molecule has 6 nitrogen and oxygen atoms in total. The molecule has 0 atom stereocenters. The topological polar surface area (TPSA) is 84.6 Å². The molecule has 1 rings (SSSR count). The van der Waals surface area contributed by atoms with E-state index in [2.05, 4.69) is 5.32 Å². The fraction of sp³-hybridized carbons (Fsp3) is 0.600. The number of benzene rings is 1. The van der Waals surface area contributed by atoms with Crippen LogP contribution in [0.5, 0.6) is 5.75 Å². The number of nitro groups is 1. The third-order valence-electron chi connectivity index (χ3n) is 3.46. The molecule has 0 heterocycles. The summed E-state index contributed by atoms with van der Waals surface area (Å²) >= 11 is 0. The Hall–Kier alpha value is -1.82. The zero-order valence-corrected chi connectivity index (χ0v) is 13.4. The maximum Gasteiger partial charge on any atom is 0.275 e. The fourth-order valence-corrected chi connectivity index (χ4v) is 1.61. The molecule has 0 aliphatic carbocycles. The Morgan fingerprint density at radius 3 is 2.24 bits per heavy atom. The third-order valence-corrected chi connectivity index (χ3v) is 3.46. The molecule has 118 valence electrons. The second-order valence-corrected chi connectivity index (χ2v) is 6.45. The van der Waals surface area contributed by atoms with Gasteiger partial charge in [-0.2, -0.15) is 0 Å². The van der Waals surface area contributed by atoms with E-state index >= 15 is 0 Å². The molecule has 21 heavy (non-hydrogen) atoms. The summed E-state index contributed by atoms with van der Waals surface area (Å²) in [6.07, 6.45) is -0.0813. The minimum atomic E-state index is -1.00. The maximum atomic E-state index is 11.0. The van der Waals surface area contributed by atoms with Crippen molar-refractivity contribution in [1.82, 2.24) is 0 Å². The molecule has 0 bridgehead atoms. The lowest BCUT2D eigenvalue weighted by Gasteiger charge is -2.38. The third kappa shape index (κ3) is 4.60. The average Bonchev–Trinajstić information content (AvgIpc) is 2.24. The zero-order chi connectivity index (χ0) is 16.4. The van der Waals surface area contributed by atoms with Crippen molar-refractivity contribution in [3.8, 4) is 5.75 Å². The van der Waals surface area contributed by atoms with E-state index in [4.69, 9.17) is 4.74 Å². The minimum Gasteiger partial charge on any atom is -0.491 e. The highest BCUT2D eigenvalue weighted by Crippen LogP contribution is 2.31. The van der Waals surface area contributed by atoms with Crippen molar-refractivity contribution in [3.63, 3.8) is 0 Å². The highest BCUT2D eigenvalue weighted by Gasteiger charge is 2.35. The van der Waals surface area contributed by atoms with Gasteiger partial charge in [-0.15, -0.1) is 0 Å². The molecule has 0 aliphatic heterocycles. The van der Waals surface area contributed by atoms with Crippen LogP contribution >= 0.6 is 0 Å². The van der Waals surface area contributed by atoms with E-state index in [1.54, 1.807) is 19.9 Å². The van der Waals surface area contributed by atoms with Gasteiger partial charge in [-0.1, -0.05) is 0 Å². The molecule has 0 radical (unpaired) electrons. The number of hydrogen-bond acceptors (Lipinski definition) is 5. The van der Waals surface area contributed by atoms with Crippen LogP contribution in [0, 0.1) is 10.1 Å². The average molecular weight is 296 g/mol. The van der Waals surface area contributed by atoms with Gasteiger partial charge in [0, 0.05) is 17.8 Å². The summed E-state index contributed by atoms with van der Waals surface area (Å²) in [7, 11) is 0. The lowest BCUT2D eigenvalue weighted by molar-refractivity contribution is -0.384. The van der Waals surface area contributed by atoms with E-state index in [1.165, 1.54) is 12.1 Å². The summed E-state index contributed by atoms with van der Waals surface area (Å²) < 4.78 is 5.54. The summed E-state index contributed by atoms with van der Waals surface area (Å²) in [6.45, 7) is 10.7. The number of non-ortho nitro benzene ring substituents is 1. The van der Waals surface area contributed by atoms with Crippen LogP contribution in [0.2, 0.25) is 0 Å². The summed E-state index contributed by atoms with van der Waals surface area (Å²) in [5.41, 5.74) is -1.19. The van der Waals surface area contributed by atoms with E-state index in [-0.39, 0.29) is 11.8 Å². The molecular weight excluding hydrogens is 272 g/mol. The largest absolute Gasteiger partial charge is 0.491 e. The summed E-state index contributed by atoms with van der Waals surface area (Å²) in [5, 5.41) is 24.3. The van der Waals surface area contributed by atoms with Gasteiger partial charge in [-0.25, -0.2) is 0 Å². The van der Waals surface area contributed by atoms with E-state index in [0.29, 0.717) is 11.4 Å². The Balaban J connectivity index is 3.17. The van der Waals surface area contributed by atoms with Crippen LogP contribution in [0.1, 0.15) is 41.5 Å². The van der Waals surface area contributed by atoms with Gasteiger partial charge in [-0.05, 0) is 41.5 Å². The Labute approximate surface area is 125 Å². The molecule has 0 aromatic heterocycles. The first-order chi connectivity index (χ1) is 9.42. The van der Waals surface area contributed by atoms with E-state index in [9.17, 15) is 15.2 Å². The quantitative estimate of drug-likeness (QED) is 0.621. The molecule has 0 saturated heterocycles. The van der Waals surface area contributed by atoms with Crippen molar-refractivity contribution in [2.24, 2.45) is 0 Å². The standard InChI is InChI=1S/C15H24N2O4/c1-10(2)21-13-8-11(7-12(9-13)17(19)20)16-14(3,4)15(5,6)18/h7-10,16,18H,1-6H3. The number of nitrogens with one attached hydrogen (secondary N) is 1. The van der Waals surface area contributed by atoms with Gasteiger partial charge in [0.2, 0.25) is 0 Å². The van der Waals surface area contributed by atoms with Crippen molar-refractivity contribution in [2.75, 3.05) is 5.32 Å². The number of aliphatic hydroxyl groups is 1. The van der Waals surface area contributed by atoms with Crippen LogP contribution in [-0.2, 0) is 0 Å². The van der Waals surface area contributed by atoms with Gasteiger partial charge in [0.25, 0.3) is 5.69 Å². The molecule has 6 heteroatoms. The summed E-state index contributed by atoms with van der Waals surface area (Å²) in [6, 6.07) is 4.52. The van der Waals surface area contributed by atoms with Crippen molar-refractivity contribution in [2.45, 2.75) is 58.8 Å². The minimum absolute atomic E-state index is 0.0535. The molecule has 0 fully saturated rings. The van der Waals surface area contributed by atoms with Gasteiger partial charge >= 0.3 is 0 Å². The molecule has 0 amide bonds. The zero-order valence-electron chi connectivity index (χ0n) is 13.4. The lowest BCUT2D eigenvalue weighted by atomic mass is 9.86.